The van der Waals surface area contributed by atoms with Gasteiger partial charge in [0, 0.05) is 24.1 Å². The van der Waals surface area contributed by atoms with Crippen LogP contribution in [0.2, 0.25) is 0 Å². The second kappa shape index (κ2) is 7.09. The van der Waals surface area contributed by atoms with Crippen LogP contribution in [0.4, 0.5) is 14.9 Å². The number of nitrogens with zero attached hydrogens (tertiary/aromatic N) is 2. The molecule has 12 heteroatoms. The largest absolute Gasteiger partial charge is 0.496 e. The second-order valence-corrected chi connectivity index (χ2v) is 5.87. The van der Waals surface area contributed by atoms with Crippen LogP contribution in [-0.2, 0) is 14.3 Å². The summed E-state index contributed by atoms with van der Waals surface area (Å²) in [6.45, 7) is 0. The summed E-state index contributed by atoms with van der Waals surface area (Å²) in [5, 5.41) is 1.59. The molecular formula is C13H11FN4O6S. The molecule has 10 nitrogen and oxygen atoms in total. The second-order valence-electron chi connectivity index (χ2n) is 4.37. The molecule has 2 heterocycles. The summed E-state index contributed by atoms with van der Waals surface area (Å²) < 4.78 is 46.1. The van der Waals surface area contributed by atoms with Gasteiger partial charge in [-0.2, -0.15) is 12.8 Å². The fourth-order valence-electron chi connectivity index (χ4n) is 1.76. The van der Waals surface area contributed by atoms with Gasteiger partial charge in [-0.25, -0.2) is 14.8 Å². The molecule has 2 rings (SSSR count). The van der Waals surface area contributed by atoms with Crippen molar-refractivity contribution in [2.24, 2.45) is 5.73 Å². The molecule has 3 N–H and O–H groups in total. The van der Waals surface area contributed by atoms with Crippen molar-refractivity contribution >= 4 is 27.8 Å². The summed E-state index contributed by atoms with van der Waals surface area (Å²) in [6.07, 6.45) is 0.603. The number of nitrogens with two attached hydrogens (primary N) is 1. The molecule has 2 amide bonds. The van der Waals surface area contributed by atoms with Gasteiger partial charge in [-0.1, -0.05) is 0 Å². The Morgan fingerprint density at radius 3 is 2.56 bits per heavy atom. The highest BCUT2D eigenvalue weighted by atomic mass is 32.2. The van der Waals surface area contributed by atoms with Crippen molar-refractivity contribution in [2.45, 2.75) is 5.03 Å². The summed E-state index contributed by atoms with van der Waals surface area (Å²) in [4.78, 5) is 29.7. The van der Waals surface area contributed by atoms with Crippen molar-refractivity contribution in [1.29, 1.82) is 0 Å². The standard InChI is InChI=1S/C13H11FN4O6S/c1-23-8-3-5-17-11(14)10(8)12(19)18-7-2-4-16-9(6-7)25(21,22)24-13(15)20/h2-6H,1H3,(H2,15,20)(H,16,18,19). The molecule has 0 aromatic carbocycles. The van der Waals surface area contributed by atoms with E-state index in [1.165, 1.54) is 19.2 Å². The van der Waals surface area contributed by atoms with Crippen LogP contribution >= 0.6 is 0 Å². The van der Waals surface area contributed by atoms with E-state index in [0.29, 0.717) is 0 Å². The first-order valence-corrected chi connectivity index (χ1v) is 7.85. The Bertz CT molecular complexity index is 934. The number of carbonyl (C=O) groups excluding carboxylic acids is 2. The number of carbonyl (C=O) groups is 2. The van der Waals surface area contributed by atoms with Crippen LogP contribution < -0.4 is 15.8 Å². The molecule has 2 aromatic heterocycles. The minimum atomic E-state index is -4.55. The van der Waals surface area contributed by atoms with Crippen molar-refractivity contribution in [3.8, 4) is 5.75 Å². The van der Waals surface area contributed by atoms with Crippen molar-refractivity contribution in [3.63, 3.8) is 0 Å². The number of ether oxygens (including phenoxy) is 1. The number of hydrogen-bond donors (Lipinski definition) is 2. The zero-order valence-electron chi connectivity index (χ0n) is 12.6. The van der Waals surface area contributed by atoms with E-state index >= 15 is 0 Å². The third-order valence-electron chi connectivity index (χ3n) is 2.75. The van der Waals surface area contributed by atoms with Crippen molar-refractivity contribution in [3.05, 3.63) is 42.1 Å². The van der Waals surface area contributed by atoms with Gasteiger partial charge in [0.05, 0.1) is 7.11 Å². The lowest BCUT2D eigenvalue weighted by Gasteiger charge is -2.10. The van der Waals surface area contributed by atoms with E-state index in [1.54, 1.807) is 0 Å². The maximum Gasteiger partial charge on any atom is 0.420 e. The fraction of sp³-hybridized carbons (Fsp3) is 0.0769. The molecule has 0 fully saturated rings. The molecule has 0 bridgehead atoms. The molecule has 0 radical (unpaired) electrons. The average Bonchev–Trinajstić information content (AvgIpc) is 2.53. The fourth-order valence-corrected chi connectivity index (χ4v) is 2.53. The molecule has 0 aliphatic carbocycles. The lowest BCUT2D eigenvalue weighted by molar-refractivity contribution is 0.101. The number of hydrogen-bond acceptors (Lipinski definition) is 8. The molecule has 0 aliphatic heterocycles. The Kier molecular flexibility index (Phi) is 5.12. The lowest BCUT2D eigenvalue weighted by Crippen LogP contribution is -2.20. The van der Waals surface area contributed by atoms with E-state index in [2.05, 4.69) is 25.2 Å². The van der Waals surface area contributed by atoms with Crippen LogP contribution in [0.25, 0.3) is 0 Å². The minimum Gasteiger partial charge on any atom is -0.496 e. The third kappa shape index (κ3) is 4.17. The van der Waals surface area contributed by atoms with E-state index in [0.717, 1.165) is 18.5 Å². The van der Waals surface area contributed by atoms with Crippen LogP contribution in [0, 0.1) is 5.95 Å². The number of primary amides is 1. The number of pyridine rings is 2. The number of amides is 2. The van der Waals surface area contributed by atoms with Gasteiger partial charge in [0.2, 0.25) is 5.95 Å². The molecule has 0 spiro atoms. The lowest BCUT2D eigenvalue weighted by atomic mass is 10.2. The molecule has 0 saturated heterocycles. The molecular weight excluding hydrogens is 359 g/mol. The van der Waals surface area contributed by atoms with Gasteiger partial charge >= 0.3 is 16.2 Å². The maximum atomic E-state index is 13.8. The van der Waals surface area contributed by atoms with E-state index in [9.17, 15) is 22.4 Å². The van der Waals surface area contributed by atoms with Gasteiger partial charge in [0.25, 0.3) is 5.91 Å². The van der Waals surface area contributed by atoms with E-state index in [1.807, 2.05) is 0 Å². The van der Waals surface area contributed by atoms with E-state index < -0.39 is 38.7 Å². The highest BCUT2D eigenvalue weighted by Crippen LogP contribution is 2.22. The number of nitrogens with one attached hydrogen (secondary N) is 1. The molecule has 0 aliphatic rings. The Hall–Kier alpha value is -3.28. The highest BCUT2D eigenvalue weighted by Gasteiger charge is 2.22. The van der Waals surface area contributed by atoms with Crippen LogP contribution in [0.5, 0.6) is 5.75 Å². The van der Waals surface area contributed by atoms with Gasteiger partial charge in [0.15, 0.2) is 5.03 Å². The highest BCUT2D eigenvalue weighted by molar-refractivity contribution is 7.87. The van der Waals surface area contributed by atoms with E-state index in [4.69, 9.17) is 4.74 Å². The molecule has 25 heavy (non-hydrogen) atoms. The number of anilines is 1. The van der Waals surface area contributed by atoms with Gasteiger partial charge in [0.1, 0.15) is 11.3 Å². The predicted molar refractivity (Wildman–Crippen MR) is 80.8 cm³/mol. The average molecular weight is 370 g/mol. The van der Waals surface area contributed by atoms with Crippen molar-refractivity contribution < 1.29 is 31.3 Å². The smallest absolute Gasteiger partial charge is 0.420 e. The number of methoxy groups -OCH3 is 1. The molecule has 0 unspecified atom stereocenters. The normalized spacial score (nSPS) is 10.8. The van der Waals surface area contributed by atoms with Gasteiger partial charge in [-0.3, -0.25) is 4.79 Å². The van der Waals surface area contributed by atoms with Crippen LogP contribution in [0.1, 0.15) is 10.4 Å². The van der Waals surface area contributed by atoms with Crippen LogP contribution in [-0.4, -0.2) is 37.5 Å². The summed E-state index contributed by atoms with van der Waals surface area (Å²) in [5.41, 5.74) is 4.13. The van der Waals surface area contributed by atoms with E-state index in [-0.39, 0.29) is 11.4 Å². The molecule has 2 aromatic rings. The Morgan fingerprint density at radius 2 is 1.92 bits per heavy atom. The summed E-state index contributed by atoms with van der Waals surface area (Å²) in [5.74, 6) is -2.08. The Balaban J connectivity index is 2.32. The predicted octanol–water partition coefficient (Wildman–Crippen LogP) is 0.661. The zero-order chi connectivity index (χ0) is 18.6. The van der Waals surface area contributed by atoms with Crippen molar-refractivity contribution in [1.82, 2.24) is 9.97 Å². The van der Waals surface area contributed by atoms with Gasteiger partial charge in [-0.05, 0) is 12.1 Å². The Morgan fingerprint density at radius 1 is 1.24 bits per heavy atom. The first-order chi connectivity index (χ1) is 11.7. The zero-order valence-corrected chi connectivity index (χ0v) is 13.4. The summed E-state index contributed by atoms with van der Waals surface area (Å²) in [6, 6.07) is 3.42. The minimum absolute atomic E-state index is 0.0584. The number of rotatable bonds is 5. The quantitative estimate of drug-likeness (QED) is 0.575. The Labute approximate surface area is 140 Å². The first-order valence-electron chi connectivity index (χ1n) is 6.44. The van der Waals surface area contributed by atoms with Crippen LogP contribution in [0.15, 0.2) is 35.6 Å². The summed E-state index contributed by atoms with van der Waals surface area (Å²) in [7, 11) is -3.31. The molecule has 0 saturated carbocycles. The van der Waals surface area contributed by atoms with Crippen LogP contribution in [0.3, 0.4) is 0 Å². The topological polar surface area (TPSA) is 151 Å². The summed E-state index contributed by atoms with van der Waals surface area (Å²) >= 11 is 0. The monoisotopic (exact) mass is 370 g/mol. The van der Waals surface area contributed by atoms with Gasteiger partial charge < -0.3 is 20.0 Å². The number of halogens is 1. The SMILES string of the molecule is COc1ccnc(F)c1C(=O)Nc1ccnc(S(=O)(=O)OC(N)=O)c1. The van der Waals surface area contributed by atoms with Gasteiger partial charge in [-0.15, -0.1) is 0 Å². The molecule has 0 atom stereocenters. The first kappa shape index (κ1) is 18.1. The molecule has 132 valence electrons. The van der Waals surface area contributed by atoms with Crippen molar-refractivity contribution in [2.75, 3.05) is 12.4 Å². The number of aromatic nitrogens is 2. The maximum absolute atomic E-state index is 13.8. The third-order valence-corrected chi connectivity index (χ3v) is 3.87.